The Kier molecular flexibility index (Phi) is 3.44. The van der Waals surface area contributed by atoms with Crippen LogP contribution in [0.3, 0.4) is 0 Å². The number of carbonyl (C=O) groups is 1. The number of rotatable bonds is 3. The molecule has 0 N–H and O–H groups in total. The van der Waals surface area contributed by atoms with Crippen molar-refractivity contribution in [2.24, 2.45) is 5.92 Å². The standard InChI is InChI=1S/C20H20FNO/c1-22(19-11-8-13-4-2-3-5-16(13)19)20(23)18-12-17(18)14-6-9-15(21)10-7-14/h2-7,9-10,17-19H,8,11-12H2,1H3. The second-order valence-corrected chi connectivity index (χ2v) is 6.70. The first-order valence-corrected chi connectivity index (χ1v) is 8.25. The van der Waals surface area contributed by atoms with E-state index in [2.05, 4.69) is 18.2 Å². The SMILES string of the molecule is CN(C(=O)C1CC1c1ccc(F)cc1)C1CCc2ccccc21. The smallest absolute Gasteiger partial charge is 0.226 e. The summed E-state index contributed by atoms with van der Waals surface area (Å²) in [6.07, 6.45) is 2.93. The molecule has 0 spiro atoms. The van der Waals surface area contributed by atoms with Crippen LogP contribution < -0.4 is 0 Å². The van der Waals surface area contributed by atoms with Gasteiger partial charge in [-0.3, -0.25) is 4.79 Å². The van der Waals surface area contributed by atoms with Gasteiger partial charge in [0.1, 0.15) is 5.82 Å². The van der Waals surface area contributed by atoms with Crippen molar-refractivity contribution in [3.8, 4) is 0 Å². The lowest BCUT2D eigenvalue weighted by Crippen LogP contribution is -2.31. The molecule has 23 heavy (non-hydrogen) atoms. The lowest BCUT2D eigenvalue weighted by atomic mass is 10.1. The minimum Gasteiger partial charge on any atom is -0.338 e. The number of hydrogen-bond acceptors (Lipinski definition) is 1. The number of hydrogen-bond donors (Lipinski definition) is 0. The predicted octanol–water partition coefficient (Wildman–Crippen LogP) is 4.08. The minimum atomic E-state index is -0.225. The fourth-order valence-electron chi connectivity index (χ4n) is 3.90. The van der Waals surface area contributed by atoms with Crippen molar-refractivity contribution in [2.75, 3.05) is 7.05 Å². The normalized spacial score (nSPS) is 25.0. The van der Waals surface area contributed by atoms with Crippen LogP contribution in [0.1, 0.15) is 41.5 Å². The summed E-state index contributed by atoms with van der Waals surface area (Å²) in [4.78, 5) is 14.7. The average molecular weight is 309 g/mol. The number of benzene rings is 2. The first-order chi connectivity index (χ1) is 11.1. The molecular formula is C20H20FNO. The zero-order valence-electron chi connectivity index (χ0n) is 13.2. The van der Waals surface area contributed by atoms with Crippen LogP contribution in [-0.2, 0) is 11.2 Å². The zero-order chi connectivity index (χ0) is 16.0. The molecule has 4 rings (SSSR count). The van der Waals surface area contributed by atoms with E-state index in [4.69, 9.17) is 0 Å². The van der Waals surface area contributed by atoms with Gasteiger partial charge in [-0.05, 0) is 54.0 Å². The van der Waals surface area contributed by atoms with E-state index in [1.807, 2.05) is 18.0 Å². The maximum absolute atomic E-state index is 13.0. The van der Waals surface area contributed by atoms with Crippen LogP contribution in [0, 0.1) is 11.7 Å². The molecular weight excluding hydrogens is 289 g/mol. The van der Waals surface area contributed by atoms with Gasteiger partial charge in [0.25, 0.3) is 0 Å². The minimum absolute atomic E-state index is 0.0539. The van der Waals surface area contributed by atoms with Crippen LogP contribution in [-0.4, -0.2) is 17.9 Å². The van der Waals surface area contributed by atoms with Crippen molar-refractivity contribution in [3.05, 3.63) is 71.0 Å². The Hall–Kier alpha value is -2.16. The Morgan fingerprint density at radius 2 is 1.87 bits per heavy atom. The second-order valence-electron chi connectivity index (χ2n) is 6.70. The van der Waals surface area contributed by atoms with Crippen LogP contribution in [0.4, 0.5) is 4.39 Å². The molecule has 2 nitrogen and oxygen atoms in total. The first-order valence-electron chi connectivity index (χ1n) is 8.25. The van der Waals surface area contributed by atoms with Crippen molar-refractivity contribution in [2.45, 2.75) is 31.2 Å². The summed E-state index contributed by atoms with van der Waals surface area (Å²) in [5.41, 5.74) is 3.73. The molecule has 0 saturated heterocycles. The van der Waals surface area contributed by atoms with Crippen LogP contribution in [0.15, 0.2) is 48.5 Å². The number of amides is 1. The topological polar surface area (TPSA) is 20.3 Å². The van der Waals surface area contributed by atoms with Crippen molar-refractivity contribution in [1.82, 2.24) is 4.90 Å². The van der Waals surface area contributed by atoms with Gasteiger partial charge >= 0.3 is 0 Å². The highest BCUT2D eigenvalue weighted by Crippen LogP contribution is 2.49. The molecule has 1 fully saturated rings. The number of fused-ring (bicyclic) bond motifs is 1. The maximum Gasteiger partial charge on any atom is 0.226 e. The highest BCUT2D eigenvalue weighted by Gasteiger charge is 2.46. The van der Waals surface area contributed by atoms with Gasteiger partial charge in [0.2, 0.25) is 5.91 Å². The second kappa shape index (κ2) is 5.48. The summed E-state index contributed by atoms with van der Waals surface area (Å²) in [5, 5.41) is 0. The molecule has 2 aromatic rings. The van der Waals surface area contributed by atoms with Crippen LogP contribution in [0.5, 0.6) is 0 Å². The molecule has 3 unspecified atom stereocenters. The maximum atomic E-state index is 13.0. The highest BCUT2D eigenvalue weighted by molar-refractivity contribution is 5.83. The van der Waals surface area contributed by atoms with Crippen molar-refractivity contribution in [3.63, 3.8) is 0 Å². The molecule has 3 heteroatoms. The van der Waals surface area contributed by atoms with E-state index in [1.165, 1.54) is 23.3 Å². The predicted molar refractivity (Wildman–Crippen MR) is 87.5 cm³/mol. The van der Waals surface area contributed by atoms with Gasteiger partial charge in [-0.2, -0.15) is 0 Å². The van der Waals surface area contributed by atoms with Gasteiger partial charge in [0, 0.05) is 13.0 Å². The Labute approximate surface area is 135 Å². The summed E-state index contributed by atoms with van der Waals surface area (Å²) in [5.74, 6) is 0.304. The van der Waals surface area contributed by atoms with Gasteiger partial charge in [-0.15, -0.1) is 0 Å². The van der Waals surface area contributed by atoms with E-state index in [0.717, 1.165) is 24.8 Å². The van der Waals surface area contributed by atoms with E-state index in [-0.39, 0.29) is 29.6 Å². The third-order valence-electron chi connectivity index (χ3n) is 5.32. The molecule has 2 aromatic carbocycles. The Morgan fingerprint density at radius 3 is 2.65 bits per heavy atom. The molecule has 2 aliphatic rings. The molecule has 0 aliphatic heterocycles. The summed E-state index contributed by atoms with van der Waals surface area (Å²) in [6.45, 7) is 0. The molecule has 3 atom stereocenters. The van der Waals surface area contributed by atoms with Crippen molar-refractivity contribution >= 4 is 5.91 Å². The molecule has 0 aromatic heterocycles. The summed E-state index contributed by atoms with van der Waals surface area (Å²) in [6, 6.07) is 15.2. The lowest BCUT2D eigenvalue weighted by Gasteiger charge is -2.26. The summed E-state index contributed by atoms with van der Waals surface area (Å²) in [7, 11) is 1.93. The monoisotopic (exact) mass is 309 g/mol. The van der Waals surface area contributed by atoms with E-state index in [9.17, 15) is 9.18 Å². The summed E-state index contributed by atoms with van der Waals surface area (Å²) < 4.78 is 13.0. The molecule has 1 amide bonds. The fraction of sp³-hybridized carbons (Fsp3) is 0.350. The Balaban J connectivity index is 1.47. The van der Waals surface area contributed by atoms with Crippen LogP contribution in [0.2, 0.25) is 0 Å². The summed E-state index contributed by atoms with van der Waals surface area (Å²) >= 11 is 0. The van der Waals surface area contributed by atoms with Crippen LogP contribution in [0.25, 0.3) is 0 Å². The molecule has 0 bridgehead atoms. The third kappa shape index (κ3) is 2.54. The van der Waals surface area contributed by atoms with Gasteiger partial charge in [0.15, 0.2) is 0 Å². The average Bonchev–Trinajstić information content (AvgIpc) is 3.26. The number of nitrogens with zero attached hydrogens (tertiary/aromatic N) is 1. The molecule has 118 valence electrons. The Bertz CT molecular complexity index is 740. The molecule has 1 saturated carbocycles. The van der Waals surface area contributed by atoms with E-state index in [1.54, 1.807) is 12.1 Å². The quantitative estimate of drug-likeness (QED) is 0.837. The van der Waals surface area contributed by atoms with Gasteiger partial charge in [-0.25, -0.2) is 4.39 Å². The Morgan fingerprint density at radius 1 is 1.13 bits per heavy atom. The van der Waals surface area contributed by atoms with Crippen molar-refractivity contribution in [1.29, 1.82) is 0 Å². The van der Waals surface area contributed by atoms with Gasteiger partial charge in [0.05, 0.1) is 6.04 Å². The number of aryl methyl sites for hydroxylation is 1. The number of carbonyl (C=O) groups excluding carboxylic acids is 1. The van der Waals surface area contributed by atoms with E-state index in [0.29, 0.717) is 0 Å². The first kappa shape index (κ1) is 14.4. The van der Waals surface area contributed by atoms with E-state index < -0.39 is 0 Å². The fourth-order valence-corrected chi connectivity index (χ4v) is 3.90. The molecule has 0 heterocycles. The third-order valence-corrected chi connectivity index (χ3v) is 5.32. The van der Waals surface area contributed by atoms with E-state index >= 15 is 0 Å². The zero-order valence-corrected chi connectivity index (χ0v) is 13.2. The van der Waals surface area contributed by atoms with Crippen molar-refractivity contribution < 1.29 is 9.18 Å². The number of halogens is 1. The largest absolute Gasteiger partial charge is 0.338 e. The molecule has 2 aliphatic carbocycles. The lowest BCUT2D eigenvalue weighted by molar-refractivity contribution is -0.133. The highest BCUT2D eigenvalue weighted by atomic mass is 19.1. The molecule has 0 radical (unpaired) electrons. The van der Waals surface area contributed by atoms with Gasteiger partial charge in [-0.1, -0.05) is 36.4 Å². The van der Waals surface area contributed by atoms with Gasteiger partial charge < -0.3 is 4.90 Å². The van der Waals surface area contributed by atoms with Crippen LogP contribution >= 0.6 is 0 Å².